The minimum absolute atomic E-state index is 0.220. The van der Waals surface area contributed by atoms with Crippen LogP contribution in [0.2, 0.25) is 0 Å². The summed E-state index contributed by atoms with van der Waals surface area (Å²) in [4.78, 5) is 13.3. The number of amides is 1. The minimum Gasteiger partial charge on any atom is -0.342 e. The van der Waals surface area contributed by atoms with Gasteiger partial charge < -0.3 is 4.90 Å². The smallest absolute Gasteiger partial charge is 0.223 e. The summed E-state index contributed by atoms with van der Waals surface area (Å²) in [5.41, 5.74) is 0. The van der Waals surface area contributed by atoms with Crippen LogP contribution >= 0.6 is 23.5 Å². The van der Waals surface area contributed by atoms with E-state index in [0.29, 0.717) is 13.0 Å². The van der Waals surface area contributed by atoms with Crippen molar-refractivity contribution in [1.29, 1.82) is 0 Å². The van der Waals surface area contributed by atoms with E-state index in [0.717, 1.165) is 5.75 Å². The zero-order valence-corrected chi connectivity index (χ0v) is 12.7. The molecule has 1 amide bonds. The molecule has 0 rings (SSSR count). The molecule has 0 radical (unpaired) electrons. The van der Waals surface area contributed by atoms with Crippen LogP contribution in [0.5, 0.6) is 0 Å². The number of thioether (sulfide) groups is 2. The Morgan fingerprint density at radius 1 is 1.24 bits per heavy atom. The number of hydrogen-bond acceptors (Lipinski definition) is 3. The third-order valence-corrected chi connectivity index (χ3v) is 4.56. The molecule has 0 aliphatic heterocycles. The van der Waals surface area contributed by atoms with Crippen LogP contribution in [0.25, 0.3) is 0 Å². The number of hydrogen-bond donors (Lipinski definition) is 0. The Labute approximate surface area is 115 Å². The molecule has 0 N–H and O–H groups in total. The van der Waals surface area contributed by atoms with E-state index in [9.17, 15) is 4.79 Å². The topological polar surface area (TPSA) is 20.3 Å². The van der Waals surface area contributed by atoms with E-state index < -0.39 is 0 Å². The lowest BCUT2D eigenvalue weighted by Crippen LogP contribution is -2.26. The van der Waals surface area contributed by atoms with E-state index in [2.05, 4.69) is 13.5 Å². The molecule has 17 heavy (non-hydrogen) atoms. The van der Waals surface area contributed by atoms with Gasteiger partial charge in [0.2, 0.25) is 5.91 Å². The van der Waals surface area contributed by atoms with Gasteiger partial charge in [0.15, 0.2) is 0 Å². The summed E-state index contributed by atoms with van der Waals surface area (Å²) in [6, 6.07) is 0. The van der Waals surface area contributed by atoms with Crippen molar-refractivity contribution >= 4 is 29.4 Å². The second-order valence-corrected chi connectivity index (χ2v) is 6.34. The van der Waals surface area contributed by atoms with Crippen LogP contribution in [0.1, 0.15) is 26.2 Å². The first-order chi connectivity index (χ1) is 8.22. The summed E-state index contributed by atoms with van der Waals surface area (Å²) in [6.45, 7) is 6.49. The molecule has 0 aliphatic rings. The van der Waals surface area contributed by atoms with Gasteiger partial charge in [-0.15, -0.1) is 6.58 Å². The Bertz CT molecular complexity index is 210. The molecule has 0 fully saturated rings. The largest absolute Gasteiger partial charge is 0.342 e. The van der Waals surface area contributed by atoms with Crippen molar-refractivity contribution in [2.24, 2.45) is 0 Å². The molecule has 0 saturated carbocycles. The molecule has 0 atom stereocenters. The Balaban J connectivity index is 3.27. The number of rotatable bonds is 11. The monoisotopic (exact) mass is 275 g/mol. The van der Waals surface area contributed by atoms with Crippen molar-refractivity contribution < 1.29 is 4.79 Å². The van der Waals surface area contributed by atoms with Crippen LogP contribution in [-0.2, 0) is 4.79 Å². The van der Waals surface area contributed by atoms with Gasteiger partial charge >= 0.3 is 0 Å². The summed E-state index contributed by atoms with van der Waals surface area (Å²) < 4.78 is 0. The standard InChI is InChI=1S/C13H25NOS2/c1-4-8-14(3)13(15)7-12-17-11-6-10-16-9-5-2/h4H,1,5-12H2,2-3H3. The first-order valence-corrected chi connectivity index (χ1v) is 8.53. The van der Waals surface area contributed by atoms with Crippen LogP contribution in [0.15, 0.2) is 12.7 Å². The summed E-state index contributed by atoms with van der Waals surface area (Å²) in [6.07, 6.45) is 4.93. The summed E-state index contributed by atoms with van der Waals surface area (Å²) in [5.74, 6) is 4.87. The van der Waals surface area contributed by atoms with Crippen LogP contribution in [-0.4, -0.2) is 47.4 Å². The Kier molecular flexibility index (Phi) is 12.3. The summed E-state index contributed by atoms with van der Waals surface area (Å²) in [5, 5.41) is 0. The van der Waals surface area contributed by atoms with E-state index >= 15 is 0 Å². The molecular weight excluding hydrogens is 250 g/mol. The van der Waals surface area contributed by atoms with Gasteiger partial charge in [-0.25, -0.2) is 0 Å². The Morgan fingerprint density at radius 2 is 1.88 bits per heavy atom. The lowest BCUT2D eigenvalue weighted by atomic mass is 10.4. The highest BCUT2D eigenvalue weighted by Gasteiger charge is 2.05. The highest BCUT2D eigenvalue weighted by atomic mass is 32.2. The summed E-state index contributed by atoms with van der Waals surface area (Å²) >= 11 is 3.92. The average molecular weight is 275 g/mol. The molecular formula is C13H25NOS2. The fourth-order valence-electron chi connectivity index (χ4n) is 1.26. The van der Waals surface area contributed by atoms with Gasteiger partial charge in [-0.05, 0) is 30.1 Å². The van der Waals surface area contributed by atoms with Gasteiger partial charge in [-0.2, -0.15) is 23.5 Å². The van der Waals surface area contributed by atoms with Gasteiger partial charge in [0.25, 0.3) is 0 Å². The van der Waals surface area contributed by atoms with Crippen LogP contribution in [0, 0.1) is 0 Å². The molecule has 0 bridgehead atoms. The molecule has 0 aromatic carbocycles. The fourth-order valence-corrected chi connectivity index (χ4v) is 3.15. The predicted molar refractivity (Wildman–Crippen MR) is 82.0 cm³/mol. The van der Waals surface area contributed by atoms with Crippen molar-refractivity contribution in [2.75, 3.05) is 36.6 Å². The lowest BCUT2D eigenvalue weighted by molar-refractivity contribution is -0.128. The first kappa shape index (κ1) is 16.9. The Morgan fingerprint density at radius 3 is 2.47 bits per heavy atom. The van der Waals surface area contributed by atoms with E-state index in [4.69, 9.17) is 0 Å². The molecule has 0 saturated heterocycles. The lowest BCUT2D eigenvalue weighted by Gasteiger charge is -2.14. The fraction of sp³-hybridized carbons (Fsp3) is 0.769. The predicted octanol–water partition coefficient (Wildman–Crippen LogP) is 3.29. The second kappa shape index (κ2) is 12.4. The number of likely N-dealkylation sites (N-methyl/N-ethyl adjacent to an activating group) is 1. The number of carbonyl (C=O) groups is 1. The van der Waals surface area contributed by atoms with E-state index in [1.165, 1.54) is 30.1 Å². The van der Waals surface area contributed by atoms with E-state index in [1.54, 1.807) is 11.0 Å². The van der Waals surface area contributed by atoms with Crippen molar-refractivity contribution in [1.82, 2.24) is 4.90 Å². The van der Waals surface area contributed by atoms with Gasteiger partial charge in [-0.3, -0.25) is 4.79 Å². The molecule has 0 spiro atoms. The second-order valence-electron chi connectivity index (χ2n) is 3.89. The highest BCUT2D eigenvalue weighted by molar-refractivity contribution is 8.00. The van der Waals surface area contributed by atoms with Crippen molar-refractivity contribution in [3.8, 4) is 0 Å². The van der Waals surface area contributed by atoms with Gasteiger partial charge in [0, 0.05) is 25.8 Å². The molecule has 2 nitrogen and oxygen atoms in total. The maximum absolute atomic E-state index is 11.6. The third-order valence-electron chi connectivity index (χ3n) is 2.21. The molecule has 100 valence electrons. The maximum atomic E-state index is 11.6. The number of nitrogens with zero attached hydrogens (tertiary/aromatic N) is 1. The Hall–Kier alpha value is -0.0900. The zero-order valence-electron chi connectivity index (χ0n) is 11.1. The quantitative estimate of drug-likeness (QED) is 0.426. The normalized spacial score (nSPS) is 10.2. The van der Waals surface area contributed by atoms with Crippen molar-refractivity contribution in [3.63, 3.8) is 0 Å². The van der Waals surface area contributed by atoms with Crippen LogP contribution in [0.4, 0.5) is 0 Å². The molecule has 0 aromatic heterocycles. The van der Waals surface area contributed by atoms with Gasteiger partial charge in [0.05, 0.1) is 0 Å². The van der Waals surface area contributed by atoms with Gasteiger partial charge in [-0.1, -0.05) is 13.0 Å². The SMILES string of the molecule is C=CCN(C)C(=O)CCSCCCSCCC. The van der Waals surface area contributed by atoms with E-state index in [1.807, 2.05) is 30.6 Å². The maximum Gasteiger partial charge on any atom is 0.223 e. The van der Waals surface area contributed by atoms with Crippen molar-refractivity contribution in [2.45, 2.75) is 26.2 Å². The molecule has 0 aliphatic carbocycles. The minimum atomic E-state index is 0.220. The molecule has 4 heteroatoms. The van der Waals surface area contributed by atoms with Gasteiger partial charge in [0.1, 0.15) is 0 Å². The van der Waals surface area contributed by atoms with Crippen LogP contribution < -0.4 is 0 Å². The van der Waals surface area contributed by atoms with Crippen LogP contribution in [0.3, 0.4) is 0 Å². The molecule has 0 unspecified atom stereocenters. The molecule has 0 aromatic rings. The average Bonchev–Trinajstić information content (AvgIpc) is 2.32. The van der Waals surface area contributed by atoms with E-state index in [-0.39, 0.29) is 5.91 Å². The summed E-state index contributed by atoms with van der Waals surface area (Å²) in [7, 11) is 1.83. The highest BCUT2D eigenvalue weighted by Crippen LogP contribution is 2.10. The first-order valence-electron chi connectivity index (χ1n) is 6.22. The zero-order chi connectivity index (χ0) is 12.9. The third kappa shape index (κ3) is 10.8. The molecule has 0 heterocycles. The number of carbonyl (C=O) groups excluding carboxylic acids is 1. The van der Waals surface area contributed by atoms with Crippen molar-refractivity contribution in [3.05, 3.63) is 12.7 Å².